The number of hydrogen-bond acceptors (Lipinski definition) is 3. The molecule has 0 saturated carbocycles. The monoisotopic (exact) mass is 320 g/mol. The molecule has 0 radical (unpaired) electrons. The predicted octanol–water partition coefficient (Wildman–Crippen LogP) is 3.28. The Hall–Kier alpha value is -1.55. The molecule has 4 heteroatoms. The molecule has 0 aliphatic rings. The zero-order valence-corrected chi connectivity index (χ0v) is 15.4. The van der Waals surface area contributed by atoms with Gasteiger partial charge in [0, 0.05) is 19.5 Å². The van der Waals surface area contributed by atoms with Crippen LogP contribution in [0.15, 0.2) is 24.3 Å². The van der Waals surface area contributed by atoms with Crippen LogP contribution < -0.4 is 10.1 Å². The van der Waals surface area contributed by atoms with Crippen LogP contribution in [0, 0.1) is 5.92 Å². The second-order valence-corrected chi connectivity index (χ2v) is 6.94. The number of rotatable bonds is 9. The van der Waals surface area contributed by atoms with E-state index in [9.17, 15) is 4.79 Å². The average Bonchev–Trinajstić information content (AvgIpc) is 2.44. The number of carbonyl (C=O) groups excluding carboxylic acids is 1. The first-order valence-corrected chi connectivity index (χ1v) is 8.47. The zero-order chi connectivity index (χ0) is 17.4. The molecule has 4 nitrogen and oxygen atoms in total. The molecular weight excluding hydrogens is 288 g/mol. The van der Waals surface area contributed by atoms with Crippen molar-refractivity contribution in [2.45, 2.75) is 46.1 Å². The van der Waals surface area contributed by atoms with Crippen molar-refractivity contribution < 1.29 is 9.53 Å². The average molecular weight is 320 g/mol. The minimum atomic E-state index is 0.119. The van der Waals surface area contributed by atoms with Crippen LogP contribution in [0.2, 0.25) is 0 Å². The smallest absolute Gasteiger partial charge is 0.220 e. The third-order valence-corrected chi connectivity index (χ3v) is 3.77. The van der Waals surface area contributed by atoms with Crippen molar-refractivity contribution in [1.29, 1.82) is 0 Å². The van der Waals surface area contributed by atoms with E-state index in [1.807, 2.05) is 40.1 Å². The largest absolute Gasteiger partial charge is 0.491 e. The van der Waals surface area contributed by atoms with Crippen molar-refractivity contribution >= 4 is 5.91 Å². The second kappa shape index (κ2) is 9.56. The highest BCUT2D eigenvalue weighted by molar-refractivity contribution is 5.76. The van der Waals surface area contributed by atoms with Gasteiger partial charge in [0.1, 0.15) is 5.75 Å². The van der Waals surface area contributed by atoms with Gasteiger partial charge in [-0.05, 0) is 57.5 Å². The highest BCUT2D eigenvalue weighted by atomic mass is 16.5. The lowest BCUT2D eigenvalue weighted by molar-refractivity contribution is -0.121. The highest BCUT2D eigenvalue weighted by Crippen LogP contribution is 2.29. The van der Waals surface area contributed by atoms with Gasteiger partial charge in [-0.1, -0.05) is 26.0 Å². The molecule has 0 spiro atoms. The van der Waals surface area contributed by atoms with E-state index in [2.05, 4.69) is 36.2 Å². The van der Waals surface area contributed by atoms with E-state index in [4.69, 9.17) is 4.74 Å². The molecule has 0 aromatic heterocycles. The van der Waals surface area contributed by atoms with E-state index in [1.165, 1.54) is 5.56 Å². The maximum Gasteiger partial charge on any atom is 0.220 e. The fourth-order valence-corrected chi connectivity index (χ4v) is 2.50. The van der Waals surface area contributed by atoms with Gasteiger partial charge in [-0.15, -0.1) is 0 Å². The second-order valence-electron chi connectivity index (χ2n) is 6.94. The number of benzene rings is 1. The molecule has 0 heterocycles. The van der Waals surface area contributed by atoms with Gasteiger partial charge in [-0.25, -0.2) is 0 Å². The van der Waals surface area contributed by atoms with E-state index in [1.54, 1.807) is 0 Å². The summed E-state index contributed by atoms with van der Waals surface area (Å²) < 4.78 is 5.68. The molecule has 0 fully saturated rings. The SMILES string of the molecule is CC(C)Oc1ccc(C(CC(=O)NCCN(C)C)C(C)C)cc1. The van der Waals surface area contributed by atoms with Crippen molar-refractivity contribution in [2.24, 2.45) is 5.92 Å². The van der Waals surface area contributed by atoms with Crippen LogP contribution in [-0.4, -0.2) is 44.1 Å². The van der Waals surface area contributed by atoms with Crippen LogP contribution in [-0.2, 0) is 4.79 Å². The van der Waals surface area contributed by atoms with Gasteiger partial charge >= 0.3 is 0 Å². The quantitative estimate of drug-likeness (QED) is 0.759. The fraction of sp³-hybridized carbons (Fsp3) is 0.632. The summed E-state index contributed by atoms with van der Waals surface area (Å²) >= 11 is 0. The fourth-order valence-electron chi connectivity index (χ4n) is 2.50. The van der Waals surface area contributed by atoms with Gasteiger partial charge in [0.25, 0.3) is 0 Å². The van der Waals surface area contributed by atoms with E-state index in [0.29, 0.717) is 18.9 Å². The number of amides is 1. The molecule has 1 rings (SSSR count). The molecule has 0 aliphatic carbocycles. The molecule has 1 atom stereocenters. The van der Waals surface area contributed by atoms with E-state index >= 15 is 0 Å². The van der Waals surface area contributed by atoms with Crippen LogP contribution in [0.1, 0.15) is 45.6 Å². The first-order chi connectivity index (χ1) is 10.8. The first-order valence-electron chi connectivity index (χ1n) is 8.47. The Kier molecular flexibility index (Phi) is 8.10. The van der Waals surface area contributed by atoms with Crippen molar-refractivity contribution in [1.82, 2.24) is 10.2 Å². The Bertz CT molecular complexity index is 467. The lowest BCUT2D eigenvalue weighted by Gasteiger charge is -2.22. The van der Waals surface area contributed by atoms with E-state index < -0.39 is 0 Å². The number of nitrogens with one attached hydrogen (secondary N) is 1. The molecule has 1 N–H and O–H groups in total. The maximum absolute atomic E-state index is 12.2. The first kappa shape index (κ1) is 19.5. The lowest BCUT2D eigenvalue weighted by Crippen LogP contribution is -2.32. The van der Waals surface area contributed by atoms with Crippen LogP contribution >= 0.6 is 0 Å². The normalized spacial score (nSPS) is 12.7. The zero-order valence-electron chi connectivity index (χ0n) is 15.4. The molecule has 130 valence electrons. The molecule has 0 bridgehead atoms. The molecule has 1 unspecified atom stereocenters. The number of carbonyl (C=O) groups is 1. The van der Waals surface area contributed by atoms with E-state index in [-0.39, 0.29) is 17.9 Å². The summed E-state index contributed by atoms with van der Waals surface area (Å²) in [6.45, 7) is 9.91. The molecule has 23 heavy (non-hydrogen) atoms. The highest BCUT2D eigenvalue weighted by Gasteiger charge is 2.19. The van der Waals surface area contributed by atoms with Crippen molar-refractivity contribution in [2.75, 3.05) is 27.2 Å². The summed E-state index contributed by atoms with van der Waals surface area (Å²) in [5, 5.41) is 3.00. The molecule has 1 amide bonds. The Morgan fingerprint density at radius 2 is 1.74 bits per heavy atom. The number of hydrogen-bond donors (Lipinski definition) is 1. The minimum absolute atomic E-state index is 0.119. The van der Waals surface area contributed by atoms with Crippen LogP contribution in [0.4, 0.5) is 0 Å². The van der Waals surface area contributed by atoms with Crippen LogP contribution in [0.5, 0.6) is 5.75 Å². The summed E-state index contributed by atoms with van der Waals surface area (Å²) in [5.41, 5.74) is 1.19. The predicted molar refractivity (Wildman–Crippen MR) is 96.0 cm³/mol. The van der Waals surface area contributed by atoms with Gasteiger partial charge in [-0.2, -0.15) is 0 Å². The Balaban J connectivity index is 2.65. The number of nitrogens with zero attached hydrogens (tertiary/aromatic N) is 1. The number of ether oxygens (including phenoxy) is 1. The molecular formula is C19H32N2O2. The van der Waals surface area contributed by atoms with Gasteiger partial charge in [0.15, 0.2) is 0 Å². The summed E-state index contributed by atoms with van der Waals surface area (Å²) in [4.78, 5) is 14.2. The minimum Gasteiger partial charge on any atom is -0.491 e. The Morgan fingerprint density at radius 3 is 2.22 bits per heavy atom. The summed E-state index contributed by atoms with van der Waals surface area (Å²) in [6.07, 6.45) is 0.694. The van der Waals surface area contributed by atoms with Crippen molar-refractivity contribution in [3.8, 4) is 5.75 Å². The lowest BCUT2D eigenvalue weighted by atomic mass is 9.85. The van der Waals surface area contributed by atoms with Gasteiger partial charge in [0.05, 0.1) is 6.10 Å². The van der Waals surface area contributed by atoms with Crippen molar-refractivity contribution in [3.05, 3.63) is 29.8 Å². The van der Waals surface area contributed by atoms with Crippen LogP contribution in [0.3, 0.4) is 0 Å². The van der Waals surface area contributed by atoms with Gasteiger partial charge in [0.2, 0.25) is 5.91 Å². The standard InChI is InChI=1S/C19H32N2O2/c1-14(2)18(13-19(22)20-11-12-21(5)6)16-7-9-17(10-8-16)23-15(3)4/h7-10,14-15,18H,11-13H2,1-6H3,(H,20,22). The van der Waals surface area contributed by atoms with Crippen molar-refractivity contribution in [3.63, 3.8) is 0 Å². The third-order valence-electron chi connectivity index (χ3n) is 3.77. The van der Waals surface area contributed by atoms with Gasteiger partial charge in [-0.3, -0.25) is 4.79 Å². The summed E-state index contributed by atoms with van der Waals surface area (Å²) in [6, 6.07) is 8.15. The summed E-state index contributed by atoms with van der Waals surface area (Å²) in [7, 11) is 4.01. The van der Waals surface area contributed by atoms with Crippen LogP contribution in [0.25, 0.3) is 0 Å². The molecule has 1 aromatic carbocycles. The third kappa shape index (κ3) is 7.51. The van der Waals surface area contributed by atoms with E-state index in [0.717, 1.165) is 12.3 Å². The topological polar surface area (TPSA) is 41.6 Å². The summed E-state index contributed by atoms with van der Waals surface area (Å²) in [5.74, 6) is 1.63. The molecule has 0 saturated heterocycles. The maximum atomic E-state index is 12.2. The molecule has 1 aromatic rings. The Morgan fingerprint density at radius 1 is 1.13 bits per heavy atom. The Labute approximate surface area is 141 Å². The number of likely N-dealkylation sites (N-methyl/N-ethyl adjacent to an activating group) is 1. The van der Waals surface area contributed by atoms with Gasteiger partial charge < -0.3 is 15.0 Å². The molecule has 0 aliphatic heterocycles.